The van der Waals surface area contributed by atoms with Crippen LogP contribution < -0.4 is 0 Å². The van der Waals surface area contributed by atoms with E-state index in [1.165, 1.54) is 12.8 Å². The van der Waals surface area contributed by atoms with Crippen molar-refractivity contribution >= 4 is 6.29 Å². The molecule has 1 nitrogen and oxygen atoms in total. The van der Waals surface area contributed by atoms with Gasteiger partial charge in [-0.25, -0.2) is 0 Å². The predicted molar refractivity (Wildman–Crippen MR) is 34.7 cm³/mol. The average Bonchev–Trinajstić information content (AvgIpc) is 1.88. The summed E-state index contributed by atoms with van der Waals surface area (Å²) in [6.45, 7) is 0. The third-order valence-electron chi connectivity index (χ3n) is 2.84. The fourth-order valence-corrected chi connectivity index (χ4v) is 2.32. The molecule has 0 spiro atoms. The number of rotatable bonds is 1. The van der Waals surface area contributed by atoms with Crippen molar-refractivity contribution in [2.24, 2.45) is 11.3 Å². The molecule has 3 aliphatic carbocycles. The van der Waals surface area contributed by atoms with Crippen LogP contribution in [0.1, 0.15) is 32.1 Å². The van der Waals surface area contributed by atoms with Gasteiger partial charge in [-0.15, -0.1) is 0 Å². The molecule has 0 atom stereocenters. The Morgan fingerprint density at radius 1 is 1.44 bits per heavy atom. The second-order valence-corrected chi connectivity index (χ2v) is 3.55. The van der Waals surface area contributed by atoms with Crippen LogP contribution in [0.3, 0.4) is 0 Å². The normalized spacial score (nSPS) is 47.8. The second-order valence-electron chi connectivity index (χ2n) is 3.55. The lowest BCUT2D eigenvalue weighted by Gasteiger charge is -2.48. The van der Waals surface area contributed by atoms with E-state index < -0.39 is 0 Å². The quantitative estimate of drug-likeness (QED) is 0.518. The van der Waals surface area contributed by atoms with Crippen LogP contribution in [-0.2, 0) is 4.79 Å². The molecule has 0 aromatic heterocycles. The van der Waals surface area contributed by atoms with E-state index in [0.717, 1.165) is 25.2 Å². The topological polar surface area (TPSA) is 17.1 Å². The summed E-state index contributed by atoms with van der Waals surface area (Å²) < 4.78 is 0. The first-order valence-corrected chi connectivity index (χ1v) is 3.74. The Balaban J connectivity index is 2.09. The molecule has 0 heterocycles. The Labute approximate surface area is 55.4 Å². The summed E-state index contributed by atoms with van der Waals surface area (Å²) >= 11 is 0. The molecule has 0 aliphatic heterocycles. The Hall–Kier alpha value is -0.330. The van der Waals surface area contributed by atoms with Crippen LogP contribution in [0.15, 0.2) is 0 Å². The maximum Gasteiger partial charge on any atom is 0.205 e. The maximum atomic E-state index is 10.4. The molecule has 3 rings (SSSR count). The van der Waals surface area contributed by atoms with E-state index in [1.807, 2.05) is 0 Å². The van der Waals surface area contributed by atoms with E-state index in [0.29, 0.717) is 0 Å². The Kier molecular flexibility index (Phi) is 0.961. The summed E-state index contributed by atoms with van der Waals surface area (Å²) in [5.41, 5.74) is 0.0584. The first kappa shape index (κ1) is 5.45. The van der Waals surface area contributed by atoms with E-state index in [-0.39, 0.29) is 5.41 Å². The molecule has 0 N–H and O–H groups in total. The summed E-state index contributed by atoms with van der Waals surface area (Å²) in [4.78, 5) is 10.4. The first-order valence-electron chi connectivity index (χ1n) is 3.74. The third-order valence-corrected chi connectivity index (χ3v) is 2.84. The van der Waals surface area contributed by atoms with Crippen molar-refractivity contribution in [1.82, 2.24) is 0 Å². The third kappa shape index (κ3) is 0.637. The van der Waals surface area contributed by atoms with Crippen LogP contribution in [0.5, 0.6) is 0 Å². The Morgan fingerprint density at radius 3 is 2.56 bits per heavy atom. The largest absolute Gasteiger partial charge is 0.290 e. The number of hydrogen-bond acceptors (Lipinski definition) is 1. The van der Waals surface area contributed by atoms with Crippen molar-refractivity contribution in [3.8, 4) is 0 Å². The molecule has 0 amide bonds. The standard InChI is InChI=1S/C8H11O/c9-6-8-3-1-2-7(4-8)5-8/h7H,1-5H2. The molecule has 2 bridgehead atoms. The predicted octanol–water partition coefficient (Wildman–Crippen LogP) is 1.68. The van der Waals surface area contributed by atoms with Gasteiger partial charge in [-0.2, -0.15) is 0 Å². The fourth-order valence-electron chi connectivity index (χ4n) is 2.32. The minimum Gasteiger partial charge on any atom is -0.290 e. The van der Waals surface area contributed by atoms with Gasteiger partial charge in [0.15, 0.2) is 0 Å². The minimum atomic E-state index is 0.0584. The monoisotopic (exact) mass is 123 g/mol. The van der Waals surface area contributed by atoms with Gasteiger partial charge in [-0.1, -0.05) is 12.8 Å². The zero-order valence-electron chi connectivity index (χ0n) is 5.52. The number of fused-ring (bicyclic) bond motifs is 2. The molecule has 0 unspecified atom stereocenters. The second kappa shape index (κ2) is 1.59. The van der Waals surface area contributed by atoms with Crippen molar-refractivity contribution < 1.29 is 4.79 Å². The van der Waals surface area contributed by atoms with E-state index in [2.05, 4.69) is 6.29 Å². The average molecular weight is 123 g/mol. The van der Waals surface area contributed by atoms with Crippen LogP contribution >= 0.6 is 0 Å². The van der Waals surface area contributed by atoms with Crippen LogP contribution in [0, 0.1) is 11.3 Å². The van der Waals surface area contributed by atoms with Crippen LogP contribution in [-0.4, -0.2) is 6.29 Å². The van der Waals surface area contributed by atoms with Gasteiger partial charge in [0.25, 0.3) is 0 Å². The fraction of sp³-hybridized carbons (Fsp3) is 0.875. The highest BCUT2D eigenvalue weighted by atomic mass is 16.1. The van der Waals surface area contributed by atoms with Crippen molar-refractivity contribution in [2.45, 2.75) is 32.1 Å². The van der Waals surface area contributed by atoms with E-state index >= 15 is 0 Å². The molecule has 1 radical (unpaired) electrons. The summed E-state index contributed by atoms with van der Waals surface area (Å²) in [6, 6.07) is 0. The van der Waals surface area contributed by atoms with Gasteiger partial charge >= 0.3 is 0 Å². The lowest BCUT2D eigenvalue weighted by molar-refractivity contribution is 0.0577. The molecular weight excluding hydrogens is 112 g/mol. The maximum absolute atomic E-state index is 10.4. The van der Waals surface area contributed by atoms with Gasteiger partial charge in [0, 0.05) is 5.41 Å². The highest BCUT2D eigenvalue weighted by Gasteiger charge is 2.47. The van der Waals surface area contributed by atoms with Gasteiger partial charge in [-0.05, 0) is 25.2 Å². The summed E-state index contributed by atoms with van der Waals surface area (Å²) in [5.74, 6) is 0.889. The summed E-state index contributed by atoms with van der Waals surface area (Å²) in [5, 5.41) is 0. The number of carbonyl (C=O) groups excluding carboxylic acids is 1. The summed E-state index contributed by atoms with van der Waals surface area (Å²) in [6.07, 6.45) is 8.24. The molecule has 3 fully saturated rings. The van der Waals surface area contributed by atoms with Gasteiger partial charge in [0.2, 0.25) is 6.29 Å². The van der Waals surface area contributed by atoms with Gasteiger partial charge < -0.3 is 0 Å². The Morgan fingerprint density at radius 2 is 2.22 bits per heavy atom. The van der Waals surface area contributed by atoms with E-state index in [1.54, 1.807) is 0 Å². The molecule has 0 aromatic rings. The molecule has 3 aliphatic rings. The van der Waals surface area contributed by atoms with E-state index in [4.69, 9.17) is 0 Å². The van der Waals surface area contributed by atoms with E-state index in [9.17, 15) is 4.79 Å². The zero-order valence-corrected chi connectivity index (χ0v) is 5.52. The lowest BCUT2D eigenvalue weighted by Crippen LogP contribution is -2.42. The van der Waals surface area contributed by atoms with Crippen LogP contribution in [0.2, 0.25) is 0 Å². The molecule has 1 heteroatoms. The molecule has 3 saturated carbocycles. The van der Waals surface area contributed by atoms with Crippen molar-refractivity contribution in [2.75, 3.05) is 0 Å². The molecular formula is C8H11O. The lowest BCUT2D eigenvalue weighted by atomic mass is 9.55. The Bertz CT molecular complexity index is 128. The van der Waals surface area contributed by atoms with Crippen LogP contribution in [0.25, 0.3) is 0 Å². The summed E-state index contributed by atoms with van der Waals surface area (Å²) in [7, 11) is 0. The molecule has 0 saturated heterocycles. The molecule has 9 heavy (non-hydrogen) atoms. The number of hydrogen-bond donors (Lipinski definition) is 0. The van der Waals surface area contributed by atoms with Gasteiger partial charge in [-0.3, -0.25) is 4.79 Å². The highest BCUT2D eigenvalue weighted by molar-refractivity contribution is 5.62. The first-order chi connectivity index (χ1) is 4.35. The molecule has 0 aromatic carbocycles. The van der Waals surface area contributed by atoms with Gasteiger partial charge in [0.1, 0.15) is 0 Å². The van der Waals surface area contributed by atoms with Crippen molar-refractivity contribution in [1.29, 1.82) is 0 Å². The minimum absolute atomic E-state index is 0.0584. The SMILES string of the molecule is O=[C]C12CCCC(C1)C2. The zero-order chi connectivity index (χ0) is 6.32. The highest BCUT2D eigenvalue weighted by Crippen LogP contribution is 2.54. The van der Waals surface area contributed by atoms with Crippen molar-refractivity contribution in [3.05, 3.63) is 0 Å². The van der Waals surface area contributed by atoms with Crippen LogP contribution in [0.4, 0.5) is 0 Å². The smallest absolute Gasteiger partial charge is 0.205 e. The van der Waals surface area contributed by atoms with Gasteiger partial charge in [0.05, 0.1) is 0 Å². The van der Waals surface area contributed by atoms with Crippen molar-refractivity contribution in [3.63, 3.8) is 0 Å². The molecule has 49 valence electrons.